The van der Waals surface area contributed by atoms with Gasteiger partial charge in [0.25, 0.3) is 0 Å². The van der Waals surface area contributed by atoms with Gasteiger partial charge in [0.15, 0.2) is 0 Å². The molecule has 0 aliphatic heterocycles. The Morgan fingerprint density at radius 1 is 0.600 bits per heavy atom. The van der Waals surface area contributed by atoms with E-state index >= 15 is 0 Å². The van der Waals surface area contributed by atoms with Gasteiger partial charge in [-0.05, 0) is 0 Å². The molecule has 0 atom stereocenters. The summed E-state index contributed by atoms with van der Waals surface area (Å²) in [4.78, 5) is 0. The minimum Gasteiger partial charge on any atom is -0.184 e. The van der Waals surface area contributed by atoms with Crippen LogP contribution in [0.15, 0.2) is 60.7 Å². The normalized spacial score (nSPS) is 7.60. The van der Waals surface area contributed by atoms with Crippen LogP contribution in [-0.2, 0) is 15.1 Å². The van der Waals surface area contributed by atoms with E-state index in [2.05, 4.69) is 12.1 Å². The molecular formula is C12H10Cl2Ru. The first-order valence-corrected chi connectivity index (χ1v) is 8.56. The van der Waals surface area contributed by atoms with Gasteiger partial charge in [0.1, 0.15) is 0 Å². The smallest absolute Gasteiger partial charge is 0.171 e. The number of benzene rings is 2. The Kier molecular flexibility index (Phi) is 13.3. The largest absolute Gasteiger partial charge is 0.184 e. The fraction of sp³-hybridized carbons (Fsp3) is 0. The predicted octanol–water partition coefficient (Wildman–Crippen LogP) is 4.35. The summed E-state index contributed by atoms with van der Waals surface area (Å²) in [5.41, 5.74) is 0. The van der Waals surface area contributed by atoms with Gasteiger partial charge in [0.2, 0.25) is 0 Å². The molecule has 80 valence electrons. The maximum Gasteiger partial charge on any atom is -0.171 e. The topological polar surface area (TPSA) is 0 Å². The van der Waals surface area contributed by atoms with Crippen molar-refractivity contribution in [1.82, 2.24) is 0 Å². The van der Waals surface area contributed by atoms with Crippen LogP contribution in [0.25, 0.3) is 0 Å². The fourth-order valence-electron chi connectivity index (χ4n) is 0.684. The van der Waals surface area contributed by atoms with E-state index in [1.54, 1.807) is 0 Å². The molecule has 0 saturated heterocycles. The summed E-state index contributed by atoms with van der Waals surface area (Å²) in [6.45, 7) is 0. The molecule has 0 amide bonds. The molecule has 0 aromatic heterocycles. The Labute approximate surface area is 107 Å². The quantitative estimate of drug-likeness (QED) is 0.499. The van der Waals surface area contributed by atoms with Crippen molar-refractivity contribution in [3.63, 3.8) is 0 Å². The Bertz CT molecular complexity index is 202. The summed E-state index contributed by atoms with van der Waals surface area (Å²) in [5.74, 6) is 0. The Hall–Kier alpha value is -0.357. The van der Waals surface area contributed by atoms with Gasteiger partial charge in [-0.1, -0.05) is 0 Å². The van der Waals surface area contributed by atoms with Gasteiger partial charge in [-0.25, -0.2) is 0 Å². The molecule has 0 N–H and O–H groups in total. The maximum absolute atomic E-state index is 4.85. The van der Waals surface area contributed by atoms with E-state index in [-0.39, 0.29) is 15.1 Å². The second-order valence-electron chi connectivity index (χ2n) is 2.21. The summed E-state index contributed by atoms with van der Waals surface area (Å²) in [7, 11) is 9.71. The van der Waals surface area contributed by atoms with E-state index in [4.69, 9.17) is 19.4 Å². The van der Waals surface area contributed by atoms with Gasteiger partial charge >= 0.3 is 34.5 Å². The number of halogens is 2. The van der Waals surface area contributed by atoms with Crippen molar-refractivity contribution in [3.8, 4) is 0 Å². The van der Waals surface area contributed by atoms with Crippen molar-refractivity contribution < 1.29 is 15.1 Å². The zero-order valence-corrected chi connectivity index (χ0v) is 11.1. The molecule has 0 aliphatic rings. The molecule has 3 heteroatoms. The molecule has 0 heterocycles. The number of rotatable bonds is 0. The van der Waals surface area contributed by atoms with Crippen molar-refractivity contribution in [2.24, 2.45) is 0 Å². The Morgan fingerprint density at radius 2 is 0.867 bits per heavy atom. The first kappa shape index (κ1) is 14.6. The summed E-state index contributed by atoms with van der Waals surface area (Å²) in [6.07, 6.45) is 0. The maximum atomic E-state index is 4.85. The van der Waals surface area contributed by atoms with E-state index in [1.165, 1.54) is 0 Å². The minimum atomic E-state index is -0.346. The molecule has 0 spiro atoms. The molecule has 15 heavy (non-hydrogen) atoms. The van der Waals surface area contributed by atoms with Crippen molar-refractivity contribution in [2.45, 2.75) is 0 Å². The monoisotopic (exact) mass is 326 g/mol. The second-order valence-corrected chi connectivity index (χ2v) is 4.84. The van der Waals surface area contributed by atoms with E-state index in [0.29, 0.717) is 0 Å². The standard InChI is InChI=1S/2C6H5.2ClH.Ru/c2*1-2-4-6-5-3-1;;;/h2*1-5H;2*1H;/q2*-1;;;+4/p-2. The van der Waals surface area contributed by atoms with Crippen LogP contribution in [-0.4, -0.2) is 0 Å². The third kappa shape index (κ3) is 13.6. The van der Waals surface area contributed by atoms with Gasteiger partial charge in [0.05, 0.1) is 0 Å². The van der Waals surface area contributed by atoms with Gasteiger partial charge in [-0.2, -0.15) is 72.8 Å². The third-order valence-electron chi connectivity index (χ3n) is 1.21. The van der Waals surface area contributed by atoms with Crippen LogP contribution in [0.4, 0.5) is 0 Å². The van der Waals surface area contributed by atoms with Crippen LogP contribution in [0.2, 0.25) is 0 Å². The molecule has 2 aromatic rings. The molecule has 2 rings (SSSR count). The molecule has 0 bridgehead atoms. The van der Waals surface area contributed by atoms with Crippen LogP contribution in [0.3, 0.4) is 0 Å². The zero-order chi connectivity index (χ0) is 11.2. The first-order valence-electron chi connectivity index (χ1n) is 4.09. The first-order chi connectivity index (χ1) is 7.41. The third-order valence-corrected chi connectivity index (χ3v) is 1.21. The number of hydrogen-bond acceptors (Lipinski definition) is 0. The Balaban J connectivity index is 0.000000210. The molecule has 0 aliphatic carbocycles. The zero-order valence-electron chi connectivity index (χ0n) is 7.88. The van der Waals surface area contributed by atoms with Crippen LogP contribution < -0.4 is 0 Å². The van der Waals surface area contributed by atoms with Crippen molar-refractivity contribution in [2.75, 3.05) is 0 Å². The summed E-state index contributed by atoms with van der Waals surface area (Å²) in [6, 6.07) is 25.0. The summed E-state index contributed by atoms with van der Waals surface area (Å²) in [5, 5.41) is 0. The van der Waals surface area contributed by atoms with Crippen LogP contribution in [0, 0.1) is 12.1 Å². The van der Waals surface area contributed by atoms with E-state index in [0.717, 1.165) is 0 Å². The van der Waals surface area contributed by atoms with Gasteiger partial charge in [-0.15, -0.1) is 0 Å². The molecule has 0 nitrogen and oxygen atoms in total. The molecule has 0 fully saturated rings. The molecule has 0 unspecified atom stereocenters. The average molecular weight is 326 g/mol. The van der Waals surface area contributed by atoms with Crippen molar-refractivity contribution >= 4 is 19.4 Å². The minimum absolute atomic E-state index is 0.346. The van der Waals surface area contributed by atoms with E-state index < -0.39 is 0 Å². The molecule has 2 aromatic carbocycles. The predicted molar refractivity (Wildman–Crippen MR) is 62.3 cm³/mol. The molecule has 0 saturated carbocycles. The van der Waals surface area contributed by atoms with Crippen molar-refractivity contribution in [1.29, 1.82) is 0 Å². The molecule has 0 radical (unpaired) electrons. The van der Waals surface area contributed by atoms with Gasteiger partial charge < -0.3 is 0 Å². The van der Waals surface area contributed by atoms with Gasteiger partial charge in [0, 0.05) is 0 Å². The fourth-order valence-corrected chi connectivity index (χ4v) is 0.684. The number of hydrogen-bond donors (Lipinski definition) is 0. The Morgan fingerprint density at radius 3 is 0.933 bits per heavy atom. The molecular weight excluding hydrogens is 316 g/mol. The van der Waals surface area contributed by atoms with E-state index in [1.807, 2.05) is 60.7 Å². The average Bonchev–Trinajstić information content (AvgIpc) is 2.35. The second kappa shape index (κ2) is 13.6. The van der Waals surface area contributed by atoms with Crippen LogP contribution in [0.1, 0.15) is 0 Å². The van der Waals surface area contributed by atoms with E-state index in [9.17, 15) is 0 Å². The van der Waals surface area contributed by atoms with Crippen LogP contribution >= 0.6 is 19.4 Å². The van der Waals surface area contributed by atoms with Crippen LogP contribution in [0.5, 0.6) is 0 Å². The van der Waals surface area contributed by atoms with Crippen molar-refractivity contribution in [3.05, 3.63) is 72.8 Å². The SMILES string of the molecule is [Cl][Ru+2][Cl].[c-]1ccccc1.[c-]1ccccc1. The summed E-state index contributed by atoms with van der Waals surface area (Å²) < 4.78 is 0. The summed E-state index contributed by atoms with van der Waals surface area (Å²) >= 11 is -0.346. The van der Waals surface area contributed by atoms with Gasteiger partial charge in [-0.3, -0.25) is 0 Å².